The minimum Gasteiger partial charge on any atom is -0.348 e. The van der Waals surface area contributed by atoms with Gasteiger partial charge in [-0.1, -0.05) is 18.2 Å². The highest BCUT2D eigenvalue weighted by Crippen LogP contribution is 2.29. The predicted octanol–water partition coefficient (Wildman–Crippen LogP) is 4.10. The van der Waals surface area contributed by atoms with Crippen molar-refractivity contribution < 1.29 is 18.0 Å². The van der Waals surface area contributed by atoms with Gasteiger partial charge in [0.15, 0.2) is 0 Å². The summed E-state index contributed by atoms with van der Waals surface area (Å²) in [6.07, 6.45) is -2.58. The number of carbonyl (C=O) groups is 1. The van der Waals surface area contributed by atoms with E-state index in [1.165, 1.54) is 12.1 Å². The molecule has 158 valence electrons. The SMILES string of the molecule is Cc1ccc(CNC(=O)c2c(C)cn(Cc3ccc(C(F)(F)F)cc3)c2C)c(=O)[nH]1. The van der Waals surface area contributed by atoms with E-state index in [2.05, 4.69) is 10.3 Å². The monoisotopic (exact) mass is 417 g/mol. The average Bonchev–Trinajstić information content (AvgIpc) is 2.94. The minimum atomic E-state index is -4.37. The summed E-state index contributed by atoms with van der Waals surface area (Å²) in [5.74, 6) is -0.309. The number of amides is 1. The standard InChI is InChI=1S/C22H22F3N3O2/c1-13-11-28(12-16-5-8-18(9-6-16)22(23,24)25)15(3)19(13)21(30)26-10-17-7-4-14(2)27-20(17)29/h4-9,11H,10,12H2,1-3H3,(H,26,30)(H,27,29). The first-order valence-electron chi connectivity index (χ1n) is 9.35. The third kappa shape index (κ3) is 4.64. The fourth-order valence-electron chi connectivity index (χ4n) is 3.33. The van der Waals surface area contributed by atoms with E-state index < -0.39 is 11.7 Å². The van der Waals surface area contributed by atoms with Crippen LogP contribution >= 0.6 is 0 Å². The zero-order chi connectivity index (χ0) is 22.1. The van der Waals surface area contributed by atoms with Crippen molar-refractivity contribution in [1.82, 2.24) is 14.9 Å². The molecule has 0 aliphatic carbocycles. The van der Waals surface area contributed by atoms with Crippen molar-refractivity contribution in [2.75, 3.05) is 0 Å². The van der Waals surface area contributed by atoms with Gasteiger partial charge in [0.2, 0.25) is 0 Å². The van der Waals surface area contributed by atoms with E-state index in [9.17, 15) is 22.8 Å². The van der Waals surface area contributed by atoms with E-state index in [1.54, 1.807) is 39.1 Å². The summed E-state index contributed by atoms with van der Waals surface area (Å²) in [6.45, 7) is 5.79. The molecular formula is C22H22F3N3O2. The van der Waals surface area contributed by atoms with Crippen LogP contribution in [0.15, 0.2) is 47.4 Å². The van der Waals surface area contributed by atoms with E-state index >= 15 is 0 Å². The molecule has 5 nitrogen and oxygen atoms in total. The van der Waals surface area contributed by atoms with Crippen LogP contribution < -0.4 is 10.9 Å². The van der Waals surface area contributed by atoms with Crippen molar-refractivity contribution in [2.24, 2.45) is 0 Å². The lowest BCUT2D eigenvalue weighted by Crippen LogP contribution is -2.27. The van der Waals surface area contributed by atoms with Crippen LogP contribution in [0, 0.1) is 20.8 Å². The summed E-state index contributed by atoms with van der Waals surface area (Å²) < 4.78 is 40.0. The van der Waals surface area contributed by atoms with Gasteiger partial charge in [-0.3, -0.25) is 9.59 Å². The molecule has 0 aliphatic heterocycles. The number of hydrogen-bond acceptors (Lipinski definition) is 2. The van der Waals surface area contributed by atoms with E-state index in [1.807, 2.05) is 4.57 Å². The molecule has 0 radical (unpaired) electrons. The van der Waals surface area contributed by atoms with Crippen molar-refractivity contribution in [3.63, 3.8) is 0 Å². The molecule has 0 aliphatic rings. The molecule has 0 atom stereocenters. The Morgan fingerprint density at radius 2 is 1.73 bits per heavy atom. The van der Waals surface area contributed by atoms with Crippen molar-refractivity contribution in [3.05, 3.63) is 92.2 Å². The zero-order valence-corrected chi connectivity index (χ0v) is 16.9. The molecule has 2 aromatic heterocycles. The van der Waals surface area contributed by atoms with Crippen LogP contribution in [0.2, 0.25) is 0 Å². The molecule has 2 heterocycles. The Morgan fingerprint density at radius 1 is 1.07 bits per heavy atom. The molecular weight excluding hydrogens is 395 g/mol. The first kappa shape index (κ1) is 21.4. The maximum atomic E-state index is 12.7. The maximum absolute atomic E-state index is 12.7. The summed E-state index contributed by atoms with van der Waals surface area (Å²) in [5.41, 5.74) is 2.87. The third-order valence-electron chi connectivity index (χ3n) is 4.97. The second-order valence-corrected chi connectivity index (χ2v) is 7.27. The topological polar surface area (TPSA) is 66.9 Å². The van der Waals surface area contributed by atoms with Gasteiger partial charge in [0, 0.05) is 36.2 Å². The Hall–Kier alpha value is -3.29. The molecule has 3 rings (SSSR count). The van der Waals surface area contributed by atoms with Crippen LogP contribution in [0.1, 0.15) is 44.0 Å². The van der Waals surface area contributed by atoms with Crippen LogP contribution in [-0.4, -0.2) is 15.5 Å². The van der Waals surface area contributed by atoms with Gasteiger partial charge < -0.3 is 14.9 Å². The van der Waals surface area contributed by atoms with Gasteiger partial charge >= 0.3 is 6.18 Å². The molecule has 30 heavy (non-hydrogen) atoms. The van der Waals surface area contributed by atoms with Gasteiger partial charge in [0.25, 0.3) is 11.5 Å². The van der Waals surface area contributed by atoms with E-state index in [0.29, 0.717) is 28.9 Å². The summed E-state index contributed by atoms with van der Waals surface area (Å²) in [6, 6.07) is 8.40. The molecule has 1 amide bonds. The number of aryl methyl sites for hydroxylation is 2. The van der Waals surface area contributed by atoms with Crippen molar-refractivity contribution in [2.45, 2.75) is 40.0 Å². The Morgan fingerprint density at radius 3 is 2.33 bits per heavy atom. The van der Waals surface area contributed by atoms with Crippen LogP contribution in [-0.2, 0) is 19.3 Å². The highest BCUT2D eigenvalue weighted by molar-refractivity contribution is 5.96. The van der Waals surface area contributed by atoms with Gasteiger partial charge in [0.05, 0.1) is 11.1 Å². The molecule has 0 saturated carbocycles. The molecule has 0 saturated heterocycles. The van der Waals surface area contributed by atoms with Gasteiger partial charge in [-0.2, -0.15) is 13.2 Å². The van der Waals surface area contributed by atoms with Crippen molar-refractivity contribution in [3.8, 4) is 0 Å². The number of hydrogen-bond donors (Lipinski definition) is 2. The van der Waals surface area contributed by atoms with Crippen LogP contribution in [0.5, 0.6) is 0 Å². The van der Waals surface area contributed by atoms with Gasteiger partial charge in [-0.25, -0.2) is 0 Å². The number of aromatic nitrogens is 2. The van der Waals surface area contributed by atoms with Crippen LogP contribution in [0.4, 0.5) is 13.2 Å². The van der Waals surface area contributed by atoms with E-state index in [0.717, 1.165) is 23.4 Å². The number of halogens is 3. The zero-order valence-electron chi connectivity index (χ0n) is 16.9. The largest absolute Gasteiger partial charge is 0.416 e. The summed E-state index contributed by atoms with van der Waals surface area (Å²) in [7, 11) is 0. The normalized spacial score (nSPS) is 11.5. The Kier molecular flexibility index (Phi) is 5.87. The van der Waals surface area contributed by atoms with Gasteiger partial charge in [-0.15, -0.1) is 0 Å². The number of aromatic amines is 1. The lowest BCUT2D eigenvalue weighted by molar-refractivity contribution is -0.137. The quantitative estimate of drug-likeness (QED) is 0.657. The highest BCUT2D eigenvalue weighted by atomic mass is 19.4. The van der Waals surface area contributed by atoms with Crippen molar-refractivity contribution >= 4 is 5.91 Å². The first-order chi connectivity index (χ1) is 14.1. The molecule has 0 unspecified atom stereocenters. The summed E-state index contributed by atoms with van der Waals surface area (Å²) in [5, 5.41) is 2.76. The Balaban J connectivity index is 1.74. The molecule has 0 bridgehead atoms. The van der Waals surface area contributed by atoms with Crippen LogP contribution in [0.3, 0.4) is 0 Å². The van der Waals surface area contributed by atoms with Crippen molar-refractivity contribution in [1.29, 1.82) is 0 Å². The van der Waals surface area contributed by atoms with Gasteiger partial charge in [-0.05, 0) is 50.1 Å². The fraction of sp³-hybridized carbons (Fsp3) is 0.273. The number of nitrogens with zero attached hydrogens (tertiary/aromatic N) is 1. The fourth-order valence-corrected chi connectivity index (χ4v) is 3.33. The lowest BCUT2D eigenvalue weighted by atomic mass is 10.1. The number of benzene rings is 1. The number of carbonyl (C=O) groups excluding carboxylic acids is 1. The van der Waals surface area contributed by atoms with Gasteiger partial charge in [0.1, 0.15) is 0 Å². The molecule has 0 fully saturated rings. The molecule has 8 heteroatoms. The number of rotatable bonds is 5. The highest BCUT2D eigenvalue weighted by Gasteiger charge is 2.30. The van der Waals surface area contributed by atoms with Crippen LogP contribution in [0.25, 0.3) is 0 Å². The maximum Gasteiger partial charge on any atom is 0.416 e. The molecule has 1 aromatic carbocycles. The number of nitrogens with one attached hydrogen (secondary N) is 2. The van der Waals surface area contributed by atoms with E-state index in [4.69, 9.17) is 0 Å². The smallest absolute Gasteiger partial charge is 0.348 e. The Bertz CT molecular complexity index is 1130. The molecule has 3 aromatic rings. The third-order valence-corrected chi connectivity index (χ3v) is 4.97. The van der Waals surface area contributed by atoms with E-state index in [-0.39, 0.29) is 18.0 Å². The number of pyridine rings is 1. The Labute approximate surface area is 171 Å². The number of H-pyrrole nitrogens is 1. The first-order valence-corrected chi connectivity index (χ1v) is 9.35. The predicted molar refractivity (Wildman–Crippen MR) is 107 cm³/mol. The molecule has 2 N–H and O–H groups in total. The number of alkyl halides is 3. The second-order valence-electron chi connectivity index (χ2n) is 7.27. The lowest BCUT2D eigenvalue weighted by Gasteiger charge is -2.10. The minimum absolute atomic E-state index is 0.0947. The average molecular weight is 417 g/mol. The molecule has 0 spiro atoms. The summed E-state index contributed by atoms with van der Waals surface area (Å²) >= 11 is 0. The summed E-state index contributed by atoms with van der Waals surface area (Å²) in [4.78, 5) is 27.3. The second kappa shape index (κ2) is 8.22.